The molecule has 3 heterocycles. The summed E-state index contributed by atoms with van der Waals surface area (Å²) >= 11 is 0. The second-order valence-electron chi connectivity index (χ2n) is 7.09. The predicted octanol–water partition coefficient (Wildman–Crippen LogP) is 2.32. The molecule has 1 N–H and O–H groups in total. The number of hydrogen-bond acceptors (Lipinski definition) is 5. The summed E-state index contributed by atoms with van der Waals surface area (Å²) < 4.78 is 5.25. The molecule has 3 aliphatic rings. The zero-order valence-corrected chi connectivity index (χ0v) is 14.3. The van der Waals surface area contributed by atoms with E-state index < -0.39 is 0 Å². The van der Waals surface area contributed by atoms with Crippen LogP contribution >= 0.6 is 0 Å². The van der Waals surface area contributed by atoms with Gasteiger partial charge in [0.15, 0.2) is 0 Å². The van der Waals surface area contributed by atoms with Crippen molar-refractivity contribution >= 4 is 11.8 Å². The summed E-state index contributed by atoms with van der Waals surface area (Å²) in [4.78, 5) is 20.3. The molecular weight excluding hydrogens is 306 g/mol. The molecule has 2 unspecified atom stereocenters. The molecule has 0 radical (unpaired) electrons. The molecule has 4 rings (SSSR count). The Labute approximate surface area is 142 Å². The van der Waals surface area contributed by atoms with Crippen LogP contribution in [-0.4, -0.2) is 49.8 Å². The number of amides is 1. The van der Waals surface area contributed by atoms with E-state index in [2.05, 4.69) is 17.3 Å². The molecule has 1 aromatic carbocycles. The second kappa shape index (κ2) is 6.16. The van der Waals surface area contributed by atoms with Crippen molar-refractivity contribution < 1.29 is 14.4 Å². The molecule has 2 fully saturated rings. The standard InChI is InChI=1S/C18H25N3O3/c1-20-14-3-4-15(20)11-13(10-14)19-18(22)24-21-8-7-12-9-16(23-2)5-6-17(12)21/h5-6,9,13-15H,3-4,7-8,10-11H2,1-2H3,(H,19,22). The Morgan fingerprint density at radius 3 is 2.71 bits per heavy atom. The Morgan fingerprint density at radius 2 is 2.00 bits per heavy atom. The first-order chi connectivity index (χ1) is 11.6. The Morgan fingerprint density at radius 1 is 1.25 bits per heavy atom. The number of carbonyl (C=O) groups is 1. The van der Waals surface area contributed by atoms with Crippen molar-refractivity contribution in [3.8, 4) is 5.75 Å². The van der Waals surface area contributed by atoms with E-state index in [1.807, 2.05) is 18.2 Å². The number of benzene rings is 1. The number of fused-ring (bicyclic) bond motifs is 3. The summed E-state index contributed by atoms with van der Waals surface area (Å²) in [5.74, 6) is 0.835. The van der Waals surface area contributed by atoms with Gasteiger partial charge >= 0.3 is 6.09 Å². The molecule has 0 spiro atoms. The number of piperidine rings is 1. The molecule has 24 heavy (non-hydrogen) atoms. The van der Waals surface area contributed by atoms with Crippen molar-refractivity contribution in [3.63, 3.8) is 0 Å². The maximum Gasteiger partial charge on any atom is 0.431 e. The van der Waals surface area contributed by atoms with Crippen LogP contribution in [0.15, 0.2) is 18.2 Å². The molecular formula is C18H25N3O3. The first kappa shape index (κ1) is 15.6. The molecule has 1 aromatic rings. The van der Waals surface area contributed by atoms with Crippen molar-refractivity contribution in [1.82, 2.24) is 10.2 Å². The fraction of sp³-hybridized carbons (Fsp3) is 0.611. The van der Waals surface area contributed by atoms with Crippen molar-refractivity contribution in [2.75, 3.05) is 25.8 Å². The monoisotopic (exact) mass is 331 g/mol. The first-order valence-corrected chi connectivity index (χ1v) is 8.79. The topological polar surface area (TPSA) is 54.0 Å². The minimum Gasteiger partial charge on any atom is -0.497 e. The summed E-state index contributed by atoms with van der Waals surface area (Å²) in [6, 6.07) is 7.29. The Kier molecular flexibility index (Phi) is 4.00. The van der Waals surface area contributed by atoms with Crippen molar-refractivity contribution in [2.45, 2.75) is 50.2 Å². The van der Waals surface area contributed by atoms with Crippen LogP contribution < -0.4 is 15.1 Å². The van der Waals surface area contributed by atoms with Gasteiger partial charge in [0.2, 0.25) is 0 Å². The van der Waals surface area contributed by atoms with E-state index in [-0.39, 0.29) is 12.1 Å². The number of carbonyl (C=O) groups excluding carboxylic acids is 1. The Hall–Kier alpha value is -1.95. The van der Waals surface area contributed by atoms with E-state index in [9.17, 15) is 4.79 Å². The maximum absolute atomic E-state index is 12.3. The summed E-state index contributed by atoms with van der Waals surface area (Å²) in [6.45, 7) is 0.689. The Balaban J connectivity index is 1.35. The fourth-order valence-electron chi connectivity index (χ4n) is 4.39. The van der Waals surface area contributed by atoms with Gasteiger partial charge in [0.1, 0.15) is 5.75 Å². The lowest BCUT2D eigenvalue weighted by atomic mass is 9.98. The summed E-state index contributed by atoms with van der Waals surface area (Å²) in [5.41, 5.74) is 2.11. The van der Waals surface area contributed by atoms with Crippen LogP contribution in [0.3, 0.4) is 0 Å². The van der Waals surface area contributed by atoms with Crippen LogP contribution in [0.4, 0.5) is 10.5 Å². The minimum absolute atomic E-state index is 0.226. The third kappa shape index (κ3) is 2.79. The number of hydrogen-bond donors (Lipinski definition) is 1. The fourth-order valence-corrected chi connectivity index (χ4v) is 4.39. The van der Waals surface area contributed by atoms with Crippen molar-refractivity contribution in [3.05, 3.63) is 23.8 Å². The molecule has 1 amide bonds. The van der Waals surface area contributed by atoms with Gasteiger partial charge < -0.3 is 19.8 Å². The van der Waals surface area contributed by atoms with E-state index in [1.165, 1.54) is 12.8 Å². The van der Waals surface area contributed by atoms with E-state index in [0.29, 0.717) is 18.6 Å². The highest BCUT2D eigenvalue weighted by molar-refractivity contribution is 5.70. The lowest BCUT2D eigenvalue weighted by molar-refractivity contribution is 0.112. The first-order valence-electron chi connectivity index (χ1n) is 8.79. The predicted molar refractivity (Wildman–Crippen MR) is 91.3 cm³/mol. The molecule has 0 saturated carbocycles. The third-order valence-electron chi connectivity index (χ3n) is 5.75. The van der Waals surface area contributed by atoms with Gasteiger partial charge in [-0.15, -0.1) is 0 Å². The number of methoxy groups -OCH3 is 1. The highest BCUT2D eigenvalue weighted by Crippen LogP contribution is 2.34. The van der Waals surface area contributed by atoms with Gasteiger partial charge in [-0.05, 0) is 62.9 Å². The third-order valence-corrected chi connectivity index (χ3v) is 5.75. The maximum atomic E-state index is 12.3. The van der Waals surface area contributed by atoms with E-state index in [0.717, 1.165) is 36.3 Å². The van der Waals surface area contributed by atoms with Gasteiger partial charge in [-0.25, -0.2) is 9.86 Å². The normalized spacial score (nSPS) is 28.6. The molecule has 0 aliphatic carbocycles. The number of nitrogens with zero attached hydrogens (tertiary/aromatic N) is 2. The van der Waals surface area contributed by atoms with Gasteiger partial charge in [0.05, 0.1) is 19.3 Å². The number of nitrogens with one attached hydrogen (secondary N) is 1. The average Bonchev–Trinajstić information content (AvgIpc) is 3.04. The van der Waals surface area contributed by atoms with Crippen LogP contribution in [0.1, 0.15) is 31.2 Å². The van der Waals surface area contributed by atoms with E-state index in [1.54, 1.807) is 12.2 Å². The number of ether oxygens (including phenoxy) is 1. The summed E-state index contributed by atoms with van der Waals surface area (Å²) in [5, 5.41) is 4.75. The molecule has 0 aromatic heterocycles. The zero-order chi connectivity index (χ0) is 16.7. The van der Waals surface area contributed by atoms with Gasteiger partial charge in [-0.2, -0.15) is 0 Å². The highest BCUT2D eigenvalue weighted by atomic mass is 16.7. The smallest absolute Gasteiger partial charge is 0.431 e. The molecule has 6 nitrogen and oxygen atoms in total. The van der Waals surface area contributed by atoms with Gasteiger partial charge in [-0.3, -0.25) is 0 Å². The second-order valence-corrected chi connectivity index (χ2v) is 7.09. The van der Waals surface area contributed by atoms with Crippen LogP contribution in [-0.2, 0) is 11.3 Å². The quantitative estimate of drug-likeness (QED) is 0.921. The van der Waals surface area contributed by atoms with Gasteiger partial charge in [0.25, 0.3) is 0 Å². The van der Waals surface area contributed by atoms with Gasteiger partial charge in [0, 0.05) is 18.1 Å². The molecule has 2 bridgehead atoms. The van der Waals surface area contributed by atoms with Crippen LogP contribution in [0.5, 0.6) is 5.75 Å². The highest BCUT2D eigenvalue weighted by Gasteiger charge is 2.39. The molecule has 2 saturated heterocycles. The summed E-state index contributed by atoms with van der Waals surface area (Å²) in [7, 11) is 3.86. The number of hydroxylamine groups is 1. The SMILES string of the molecule is COc1ccc2c(c1)CCN2OC(=O)NC1CC2CCC(C1)N2C. The van der Waals surface area contributed by atoms with Crippen LogP contribution in [0.25, 0.3) is 0 Å². The van der Waals surface area contributed by atoms with Crippen LogP contribution in [0, 0.1) is 0 Å². The van der Waals surface area contributed by atoms with Crippen molar-refractivity contribution in [2.24, 2.45) is 0 Å². The Bertz CT molecular complexity index is 622. The summed E-state index contributed by atoms with van der Waals surface area (Å²) in [6.07, 6.45) is 5.06. The van der Waals surface area contributed by atoms with E-state index in [4.69, 9.17) is 9.57 Å². The average molecular weight is 331 g/mol. The van der Waals surface area contributed by atoms with E-state index >= 15 is 0 Å². The molecule has 2 atom stereocenters. The number of rotatable bonds is 3. The zero-order valence-electron chi connectivity index (χ0n) is 14.3. The lowest BCUT2D eigenvalue weighted by Gasteiger charge is -2.36. The molecule has 6 heteroatoms. The largest absolute Gasteiger partial charge is 0.497 e. The van der Waals surface area contributed by atoms with Gasteiger partial charge in [-0.1, -0.05) is 0 Å². The minimum atomic E-state index is -0.340. The number of anilines is 1. The van der Waals surface area contributed by atoms with Crippen molar-refractivity contribution in [1.29, 1.82) is 0 Å². The van der Waals surface area contributed by atoms with Crippen LogP contribution in [0.2, 0.25) is 0 Å². The lowest BCUT2D eigenvalue weighted by Crippen LogP contribution is -2.49. The molecule has 130 valence electrons. The molecule has 3 aliphatic heterocycles.